The highest BCUT2D eigenvalue weighted by Gasteiger charge is 2.19. The lowest BCUT2D eigenvalue weighted by Gasteiger charge is -2.25. The number of carbonyl (C=O) groups excluding carboxylic acids is 1. The minimum absolute atomic E-state index is 0.252. The maximum Gasteiger partial charge on any atom is 0.303 e. The number of hydrogen-bond acceptors (Lipinski definition) is 3. The van der Waals surface area contributed by atoms with Gasteiger partial charge in [-0.15, -0.1) is 0 Å². The summed E-state index contributed by atoms with van der Waals surface area (Å²) in [6, 6.07) is 16.4. The highest BCUT2D eigenvalue weighted by atomic mass is 127. The molecule has 0 bridgehead atoms. The summed E-state index contributed by atoms with van der Waals surface area (Å²) in [6.07, 6.45) is -0.257. The molecule has 0 spiro atoms. The molecule has 122 valence electrons. The van der Waals surface area contributed by atoms with Gasteiger partial charge < -0.3 is 4.74 Å². The van der Waals surface area contributed by atoms with Crippen molar-refractivity contribution in [2.75, 3.05) is 13.6 Å². The first kappa shape index (κ1) is 18.7. The molecule has 0 radical (unpaired) electrons. The summed E-state index contributed by atoms with van der Waals surface area (Å²) in [4.78, 5) is 13.7. The number of nitrogens with zero attached hydrogens (tertiary/aromatic N) is 1. The van der Waals surface area contributed by atoms with Gasteiger partial charge >= 0.3 is 5.97 Å². The molecule has 0 saturated heterocycles. The molecule has 3 nitrogen and oxygen atoms in total. The van der Waals surface area contributed by atoms with Gasteiger partial charge in [-0.25, -0.2) is 0 Å². The summed E-state index contributed by atoms with van der Waals surface area (Å²) < 4.78 is 7.92. The second-order valence-electron chi connectivity index (χ2n) is 5.41. The van der Waals surface area contributed by atoms with Gasteiger partial charge in [0, 0.05) is 32.7 Å². The van der Waals surface area contributed by atoms with E-state index in [9.17, 15) is 4.79 Å². The molecule has 2 aromatic rings. The van der Waals surface area contributed by atoms with E-state index in [4.69, 9.17) is 4.74 Å². The van der Waals surface area contributed by atoms with Gasteiger partial charge in [-0.1, -0.05) is 36.4 Å². The monoisotopic (exact) mass is 535 g/mol. The first-order valence-electron chi connectivity index (χ1n) is 7.31. The molecular weight excluding hydrogens is 516 g/mol. The van der Waals surface area contributed by atoms with Gasteiger partial charge in [-0.2, -0.15) is 0 Å². The molecule has 0 N–H and O–H groups in total. The topological polar surface area (TPSA) is 29.5 Å². The van der Waals surface area contributed by atoms with Gasteiger partial charge in [0.15, 0.2) is 0 Å². The Balaban J connectivity index is 2.13. The Morgan fingerprint density at radius 1 is 1.09 bits per heavy atom. The molecule has 0 heterocycles. The van der Waals surface area contributed by atoms with E-state index in [1.165, 1.54) is 16.1 Å². The Hall–Kier alpha value is -0.670. The van der Waals surface area contributed by atoms with E-state index < -0.39 is 0 Å². The van der Waals surface area contributed by atoms with Gasteiger partial charge in [0.2, 0.25) is 0 Å². The lowest BCUT2D eigenvalue weighted by Crippen LogP contribution is -2.27. The van der Waals surface area contributed by atoms with E-state index in [-0.39, 0.29) is 12.1 Å². The van der Waals surface area contributed by atoms with Crippen LogP contribution in [-0.4, -0.2) is 24.5 Å². The average molecular weight is 535 g/mol. The molecule has 0 saturated carbocycles. The van der Waals surface area contributed by atoms with E-state index >= 15 is 0 Å². The SMILES string of the molecule is CC(=O)O[C@@H](CN(C)Cc1ccccc1I)c1ccccc1I. The molecule has 2 aromatic carbocycles. The van der Waals surface area contributed by atoms with Crippen LogP contribution < -0.4 is 0 Å². The number of ether oxygens (including phenoxy) is 1. The fourth-order valence-corrected chi connectivity index (χ4v) is 3.69. The third kappa shape index (κ3) is 5.72. The molecule has 0 amide bonds. The summed E-state index contributed by atoms with van der Waals surface area (Å²) in [5.74, 6) is -0.252. The van der Waals surface area contributed by atoms with E-state index in [0.29, 0.717) is 6.54 Å². The zero-order valence-electron chi connectivity index (χ0n) is 13.1. The molecule has 0 unspecified atom stereocenters. The van der Waals surface area contributed by atoms with Crippen LogP contribution in [0.15, 0.2) is 48.5 Å². The molecule has 0 fully saturated rings. The molecule has 5 heteroatoms. The van der Waals surface area contributed by atoms with Crippen molar-refractivity contribution in [2.45, 2.75) is 19.6 Å². The van der Waals surface area contributed by atoms with Gasteiger partial charge in [0.25, 0.3) is 0 Å². The normalized spacial score (nSPS) is 12.2. The quantitative estimate of drug-likeness (QED) is 0.400. The third-order valence-corrected chi connectivity index (χ3v) is 5.47. The number of likely N-dealkylation sites (N-methyl/N-ethyl adjacent to an activating group) is 1. The minimum Gasteiger partial charge on any atom is -0.456 e. The van der Waals surface area contributed by atoms with Crippen molar-refractivity contribution in [3.63, 3.8) is 0 Å². The van der Waals surface area contributed by atoms with Crippen LogP contribution in [0.4, 0.5) is 0 Å². The summed E-state index contributed by atoms with van der Waals surface area (Å²) in [5, 5.41) is 0. The van der Waals surface area contributed by atoms with E-state index in [1.807, 2.05) is 30.3 Å². The summed E-state index contributed by atoms with van der Waals surface area (Å²) in [6.45, 7) is 2.94. The summed E-state index contributed by atoms with van der Waals surface area (Å²) in [7, 11) is 2.05. The Bertz CT molecular complexity index is 676. The second kappa shape index (κ2) is 8.98. The van der Waals surface area contributed by atoms with Crippen molar-refractivity contribution >= 4 is 51.2 Å². The predicted molar refractivity (Wildman–Crippen MR) is 109 cm³/mol. The van der Waals surface area contributed by atoms with Gasteiger partial charge in [-0.05, 0) is 69.9 Å². The number of esters is 1. The van der Waals surface area contributed by atoms with Crippen molar-refractivity contribution in [3.05, 3.63) is 66.8 Å². The van der Waals surface area contributed by atoms with Crippen LogP contribution in [-0.2, 0) is 16.1 Å². The van der Waals surface area contributed by atoms with Gasteiger partial charge in [0.05, 0.1) is 0 Å². The molecule has 23 heavy (non-hydrogen) atoms. The lowest BCUT2D eigenvalue weighted by atomic mass is 10.1. The number of halogens is 2. The lowest BCUT2D eigenvalue weighted by molar-refractivity contribution is -0.147. The second-order valence-corrected chi connectivity index (χ2v) is 7.73. The number of benzene rings is 2. The van der Waals surface area contributed by atoms with Crippen molar-refractivity contribution in [1.82, 2.24) is 4.90 Å². The molecule has 0 aliphatic carbocycles. The Morgan fingerprint density at radius 3 is 2.30 bits per heavy atom. The van der Waals surface area contributed by atoms with E-state index in [0.717, 1.165) is 15.7 Å². The van der Waals surface area contributed by atoms with Crippen molar-refractivity contribution in [2.24, 2.45) is 0 Å². The van der Waals surface area contributed by atoms with E-state index in [1.54, 1.807) is 0 Å². The van der Waals surface area contributed by atoms with Crippen LogP contribution >= 0.6 is 45.2 Å². The largest absolute Gasteiger partial charge is 0.456 e. The van der Waals surface area contributed by atoms with Gasteiger partial charge in [0.1, 0.15) is 6.10 Å². The van der Waals surface area contributed by atoms with Crippen LogP contribution in [0.1, 0.15) is 24.2 Å². The maximum atomic E-state index is 11.5. The zero-order valence-corrected chi connectivity index (χ0v) is 17.4. The fourth-order valence-electron chi connectivity index (χ4n) is 2.40. The average Bonchev–Trinajstić information content (AvgIpc) is 2.49. The first-order chi connectivity index (χ1) is 11.0. The Labute approximate surface area is 164 Å². The van der Waals surface area contributed by atoms with Crippen LogP contribution in [0.5, 0.6) is 0 Å². The Kier molecular flexibility index (Phi) is 7.29. The van der Waals surface area contributed by atoms with Crippen molar-refractivity contribution in [1.29, 1.82) is 0 Å². The molecule has 1 atom stereocenters. The number of rotatable bonds is 6. The first-order valence-corrected chi connectivity index (χ1v) is 9.46. The molecular formula is C18H19I2NO2. The molecule has 0 aliphatic heterocycles. The predicted octanol–water partition coefficient (Wildman–Crippen LogP) is 4.63. The van der Waals surface area contributed by atoms with Crippen LogP contribution in [0.2, 0.25) is 0 Å². The van der Waals surface area contributed by atoms with Crippen molar-refractivity contribution < 1.29 is 9.53 Å². The number of carbonyl (C=O) groups is 1. The summed E-state index contributed by atoms with van der Waals surface area (Å²) >= 11 is 4.64. The highest BCUT2D eigenvalue weighted by Crippen LogP contribution is 2.25. The van der Waals surface area contributed by atoms with Crippen molar-refractivity contribution in [3.8, 4) is 0 Å². The maximum absolute atomic E-state index is 11.5. The molecule has 0 aromatic heterocycles. The standard InChI is InChI=1S/C18H19I2NO2/c1-13(22)23-18(15-8-4-6-10-17(15)20)12-21(2)11-14-7-3-5-9-16(14)19/h3-10,18H,11-12H2,1-2H3/t18-/m0/s1. The zero-order chi connectivity index (χ0) is 16.8. The fraction of sp³-hybridized carbons (Fsp3) is 0.278. The van der Waals surface area contributed by atoms with E-state index in [2.05, 4.69) is 75.3 Å². The Morgan fingerprint density at radius 2 is 1.70 bits per heavy atom. The van der Waals surface area contributed by atoms with Crippen LogP contribution in [0.3, 0.4) is 0 Å². The number of hydrogen-bond donors (Lipinski definition) is 0. The van der Waals surface area contributed by atoms with Crippen LogP contribution in [0.25, 0.3) is 0 Å². The third-order valence-electron chi connectivity index (χ3n) is 3.44. The molecule has 2 rings (SSSR count). The molecule has 0 aliphatic rings. The van der Waals surface area contributed by atoms with Crippen LogP contribution in [0, 0.1) is 7.14 Å². The smallest absolute Gasteiger partial charge is 0.303 e. The van der Waals surface area contributed by atoms with Gasteiger partial charge in [-0.3, -0.25) is 9.69 Å². The highest BCUT2D eigenvalue weighted by molar-refractivity contribution is 14.1. The minimum atomic E-state index is -0.257. The summed E-state index contributed by atoms with van der Waals surface area (Å²) in [5.41, 5.74) is 2.33.